The SMILES string of the molecule is CCC(C)(C)C1CCC(NC(=O)CCC(C)O)CC1. The monoisotopic (exact) mass is 269 g/mol. The average molecular weight is 269 g/mol. The van der Waals surface area contributed by atoms with E-state index in [-0.39, 0.29) is 12.0 Å². The quantitative estimate of drug-likeness (QED) is 0.777. The Kier molecular flexibility index (Phi) is 6.31. The van der Waals surface area contributed by atoms with E-state index < -0.39 is 0 Å². The van der Waals surface area contributed by atoms with E-state index in [1.807, 2.05) is 0 Å². The minimum Gasteiger partial charge on any atom is -0.393 e. The maximum absolute atomic E-state index is 11.7. The summed E-state index contributed by atoms with van der Waals surface area (Å²) in [5.74, 6) is 0.891. The second-order valence-corrected chi connectivity index (χ2v) is 6.85. The van der Waals surface area contributed by atoms with Crippen molar-refractivity contribution in [1.82, 2.24) is 5.32 Å². The van der Waals surface area contributed by atoms with Crippen molar-refractivity contribution in [2.24, 2.45) is 11.3 Å². The zero-order valence-corrected chi connectivity index (χ0v) is 13.0. The Bertz CT molecular complexity index is 278. The maximum Gasteiger partial charge on any atom is 0.220 e. The summed E-state index contributed by atoms with van der Waals surface area (Å²) in [5.41, 5.74) is 0.432. The molecule has 0 aliphatic heterocycles. The number of carbonyl (C=O) groups excluding carboxylic acids is 1. The Balaban J connectivity index is 2.28. The molecule has 112 valence electrons. The van der Waals surface area contributed by atoms with E-state index in [0.29, 0.717) is 24.3 Å². The minimum atomic E-state index is -0.383. The van der Waals surface area contributed by atoms with Gasteiger partial charge in [0.15, 0.2) is 0 Å². The molecule has 1 amide bonds. The number of nitrogens with one attached hydrogen (secondary N) is 1. The third kappa shape index (κ3) is 5.52. The van der Waals surface area contributed by atoms with Crippen molar-refractivity contribution in [3.63, 3.8) is 0 Å². The highest BCUT2D eigenvalue weighted by Gasteiger charge is 2.32. The first-order valence-corrected chi connectivity index (χ1v) is 7.82. The fraction of sp³-hybridized carbons (Fsp3) is 0.938. The van der Waals surface area contributed by atoms with Crippen LogP contribution in [0.1, 0.15) is 72.6 Å². The van der Waals surface area contributed by atoms with Crippen molar-refractivity contribution in [3.05, 3.63) is 0 Å². The van der Waals surface area contributed by atoms with E-state index in [4.69, 9.17) is 0 Å². The van der Waals surface area contributed by atoms with Crippen LogP contribution in [0.5, 0.6) is 0 Å². The molecule has 0 aromatic heterocycles. The molecule has 3 heteroatoms. The van der Waals surface area contributed by atoms with E-state index in [2.05, 4.69) is 26.1 Å². The van der Waals surface area contributed by atoms with Crippen molar-refractivity contribution in [2.45, 2.75) is 84.8 Å². The second kappa shape index (κ2) is 7.28. The van der Waals surface area contributed by atoms with Crippen LogP contribution in [-0.2, 0) is 4.79 Å². The molecule has 3 nitrogen and oxygen atoms in total. The normalized spacial score (nSPS) is 25.9. The van der Waals surface area contributed by atoms with Crippen LogP contribution in [0.25, 0.3) is 0 Å². The van der Waals surface area contributed by atoms with Gasteiger partial charge in [-0.25, -0.2) is 0 Å². The number of amides is 1. The number of carbonyl (C=O) groups is 1. The lowest BCUT2D eigenvalue weighted by Crippen LogP contribution is -2.40. The molecule has 1 atom stereocenters. The first kappa shape index (κ1) is 16.5. The lowest BCUT2D eigenvalue weighted by atomic mass is 9.69. The van der Waals surface area contributed by atoms with E-state index in [1.54, 1.807) is 6.92 Å². The van der Waals surface area contributed by atoms with Gasteiger partial charge < -0.3 is 10.4 Å². The summed E-state index contributed by atoms with van der Waals surface area (Å²) >= 11 is 0. The summed E-state index contributed by atoms with van der Waals surface area (Å²) in [7, 11) is 0. The average Bonchev–Trinajstić information content (AvgIpc) is 2.37. The summed E-state index contributed by atoms with van der Waals surface area (Å²) in [4.78, 5) is 11.7. The van der Waals surface area contributed by atoms with Gasteiger partial charge in [0.25, 0.3) is 0 Å². The minimum absolute atomic E-state index is 0.0964. The molecule has 1 fully saturated rings. The van der Waals surface area contributed by atoms with Crippen molar-refractivity contribution >= 4 is 5.91 Å². The predicted molar refractivity (Wildman–Crippen MR) is 78.9 cm³/mol. The standard InChI is InChI=1S/C16H31NO2/c1-5-16(3,4)13-7-9-14(10-8-13)17-15(19)11-6-12(2)18/h12-14,18H,5-11H2,1-4H3,(H,17,19). The number of aliphatic hydroxyl groups is 1. The highest BCUT2D eigenvalue weighted by molar-refractivity contribution is 5.76. The fourth-order valence-corrected chi connectivity index (χ4v) is 2.95. The van der Waals surface area contributed by atoms with Crippen LogP contribution in [0.4, 0.5) is 0 Å². The summed E-state index contributed by atoms with van der Waals surface area (Å²) in [5, 5.41) is 12.3. The zero-order chi connectivity index (χ0) is 14.5. The van der Waals surface area contributed by atoms with E-state index in [0.717, 1.165) is 18.8 Å². The third-order valence-electron chi connectivity index (χ3n) is 4.90. The van der Waals surface area contributed by atoms with E-state index >= 15 is 0 Å². The van der Waals surface area contributed by atoms with Gasteiger partial charge in [0.2, 0.25) is 5.91 Å². The molecule has 0 bridgehead atoms. The van der Waals surface area contributed by atoms with Gasteiger partial charge >= 0.3 is 0 Å². The van der Waals surface area contributed by atoms with Gasteiger partial charge in [-0.2, -0.15) is 0 Å². The Morgan fingerprint density at radius 1 is 1.32 bits per heavy atom. The maximum atomic E-state index is 11.7. The first-order valence-electron chi connectivity index (χ1n) is 7.82. The number of rotatable bonds is 6. The van der Waals surface area contributed by atoms with Gasteiger partial charge in [0, 0.05) is 12.5 Å². The Morgan fingerprint density at radius 2 is 1.89 bits per heavy atom. The van der Waals surface area contributed by atoms with E-state index in [9.17, 15) is 9.90 Å². The van der Waals surface area contributed by atoms with Gasteiger partial charge in [-0.1, -0.05) is 27.2 Å². The molecule has 19 heavy (non-hydrogen) atoms. The molecule has 1 saturated carbocycles. The lowest BCUT2D eigenvalue weighted by Gasteiger charge is -2.39. The molecule has 0 radical (unpaired) electrons. The zero-order valence-electron chi connectivity index (χ0n) is 13.0. The van der Waals surface area contributed by atoms with Gasteiger partial charge in [-0.15, -0.1) is 0 Å². The van der Waals surface area contributed by atoms with Crippen molar-refractivity contribution in [3.8, 4) is 0 Å². The highest BCUT2D eigenvalue weighted by Crippen LogP contribution is 2.40. The molecule has 0 saturated heterocycles. The van der Waals surface area contributed by atoms with Crippen molar-refractivity contribution < 1.29 is 9.90 Å². The summed E-state index contributed by atoms with van der Waals surface area (Å²) in [6.45, 7) is 8.72. The van der Waals surface area contributed by atoms with Crippen LogP contribution >= 0.6 is 0 Å². The van der Waals surface area contributed by atoms with Gasteiger partial charge in [0.05, 0.1) is 6.10 Å². The van der Waals surface area contributed by atoms with Crippen molar-refractivity contribution in [2.75, 3.05) is 0 Å². The van der Waals surface area contributed by atoms with Crippen LogP contribution in [0.3, 0.4) is 0 Å². The Morgan fingerprint density at radius 3 is 2.37 bits per heavy atom. The van der Waals surface area contributed by atoms with Crippen LogP contribution in [0.2, 0.25) is 0 Å². The molecule has 2 N–H and O–H groups in total. The van der Waals surface area contributed by atoms with Gasteiger partial charge in [-0.3, -0.25) is 4.79 Å². The number of aliphatic hydroxyl groups excluding tert-OH is 1. The van der Waals surface area contributed by atoms with Crippen LogP contribution < -0.4 is 5.32 Å². The summed E-state index contributed by atoms with van der Waals surface area (Å²) in [6.07, 6.45) is 6.50. The summed E-state index contributed by atoms with van der Waals surface area (Å²) < 4.78 is 0. The molecule has 0 aromatic rings. The third-order valence-corrected chi connectivity index (χ3v) is 4.90. The predicted octanol–water partition coefficient (Wildman–Crippen LogP) is 3.26. The summed E-state index contributed by atoms with van der Waals surface area (Å²) in [6, 6.07) is 0.352. The fourth-order valence-electron chi connectivity index (χ4n) is 2.95. The second-order valence-electron chi connectivity index (χ2n) is 6.85. The first-order chi connectivity index (χ1) is 8.85. The number of hydrogen-bond acceptors (Lipinski definition) is 2. The topological polar surface area (TPSA) is 49.3 Å². The molecule has 0 aromatic carbocycles. The Hall–Kier alpha value is -0.570. The van der Waals surface area contributed by atoms with Crippen LogP contribution in [-0.4, -0.2) is 23.2 Å². The number of hydrogen-bond donors (Lipinski definition) is 2. The largest absolute Gasteiger partial charge is 0.393 e. The van der Waals surface area contributed by atoms with Crippen molar-refractivity contribution in [1.29, 1.82) is 0 Å². The molecule has 1 aliphatic rings. The molecular formula is C16H31NO2. The van der Waals surface area contributed by atoms with Gasteiger partial charge in [-0.05, 0) is 50.4 Å². The van der Waals surface area contributed by atoms with Gasteiger partial charge in [0.1, 0.15) is 0 Å². The van der Waals surface area contributed by atoms with Crippen LogP contribution in [0.15, 0.2) is 0 Å². The highest BCUT2D eigenvalue weighted by atomic mass is 16.3. The molecule has 0 spiro atoms. The molecule has 1 rings (SSSR count). The lowest BCUT2D eigenvalue weighted by molar-refractivity contribution is -0.122. The van der Waals surface area contributed by atoms with Crippen LogP contribution in [0, 0.1) is 11.3 Å². The Labute approximate surface area is 118 Å². The molecular weight excluding hydrogens is 238 g/mol. The van der Waals surface area contributed by atoms with E-state index in [1.165, 1.54) is 19.3 Å². The molecule has 0 heterocycles. The molecule has 1 unspecified atom stereocenters. The molecule has 1 aliphatic carbocycles. The smallest absolute Gasteiger partial charge is 0.220 e.